The molecule has 0 spiro atoms. The van der Waals surface area contributed by atoms with Gasteiger partial charge in [0, 0.05) is 23.7 Å². The Bertz CT molecular complexity index is 667. The number of nitrogens with one attached hydrogen (secondary N) is 1. The largest absolute Gasteiger partial charge is 0.338 e. The van der Waals surface area contributed by atoms with E-state index in [-0.39, 0.29) is 11.6 Å². The fourth-order valence-electron chi connectivity index (χ4n) is 3.27. The molecule has 1 aliphatic carbocycles. The van der Waals surface area contributed by atoms with Gasteiger partial charge in [0.2, 0.25) is 5.89 Å². The van der Waals surface area contributed by atoms with Crippen LogP contribution < -0.4 is 5.32 Å². The van der Waals surface area contributed by atoms with Gasteiger partial charge in [0.15, 0.2) is 5.82 Å². The summed E-state index contributed by atoms with van der Waals surface area (Å²) in [4.78, 5) is 4.43. The van der Waals surface area contributed by atoms with E-state index in [1.54, 1.807) is 0 Å². The number of rotatable bonds is 4. The van der Waals surface area contributed by atoms with E-state index in [0.717, 1.165) is 25.1 Å². The van der Waals surface area contributed by atoms with Gasteiger partial charge in [-0.3, -0.25) is 10.00 Å². The molecule has 0 fully saturated rings. The maximum Gasteiger partial charge on any atom is 0.243 e. The van der Waals surface area contributed by atoms with E-state index >= 15 is 0 Å². The summed E-state index contributed by atoms with van der Waals surface area (Å²) >= 11 is 0. The van der Waals surface area contributed by atoms with Gasteiger partial charge in [0.25, 0.3) is 0 Å². The van der Waals surface area contributed by atoms with Gasteiger partial charge in [-0.05, 0) is 47.0 Å². The molecule has 2 aromatic rings. The topological polar surface area (TPSA) is 68.8 Å². The molecule has 23 heavy (non-hydrogen) atoms. The van der Waals surface area contributed by atoms with Crippen molar-refractivity contribution in [1.82, 2.24) is 25.2 Å². The second-order valence-electron chi connectivity index (χ2n) is 7.36. The molecule has 0 radical (unpaired) electrons. The molecule has 0 aliphatic heterocycles. The minimum Gasteiger partial charge on any atom is -0.338 e. The fourth-order valence-corrected chi connectivity index (χ4v) is 3.27. The molecule has 0 unspecified atom stereocenters. The van der Waals surface area contributed by atoms with E-state index in [0.29, 0.717) is 11.9 Å². The van der Waals surface area contributed by atoms with Gasteiger partial charge >= 0.3 is 0 Å². The summed E-state index contributed by atoms with van der Waals surface area (Å²) < 4.78 is 7.53. The number of nitrogens with zero attached hydrogens (tertiary/aromatic N) is 4. The Morgan fingerprint density at radius 3 is 2.87 bits per heavy atom. The van der Waals surface area contributed by atoms with Gasteiger partial charge in [0.1, 0.15) is 0 Å². The molecular weight excluding hydrogens is 290 g/mol. The van der Waals surface area contributed by atoms with Crippen LogP contribution in [0, 0.1) is 0 Å². The van der Waals surface area contributed by atoms with Crippen LogP contribution in [0.1, 0.15) is 82.5 Å². The van der Waals surface area contributed by atoms with Crippen LogP contribution in [-0.2, 0) is 18.4 Å². The van der Waals surface area contributed by atoms with Crippen molar-refractivity contribution >= 4 is 0 Å². The lowest BCUT2D eigenvalue weighted by molar-refractivity contribution is 0.305. The first-order chi connectivity index (χ1) is 10.9. The summed E-state index contributed by atoms with van der Waals surface area (Å²) in [6.45, 7) is 10.7. The number of hydrogen-bond acceptors (Lipinski definition) is 5. The van der Waals surface area contributed by atoms with Gasteiger partial charge in [0.05, 0.1) is 17.8 Å². The Labute approximate surface area is 137 Å². The Hall–Kier alpha value is -1.69. The lowest BCUT2D eigenvalue weighted by Crippen LogP contribution is -2.30. The van der Waals surface area contributed by atoms with Crippen LogP contribution in [0.4, 0.5) is 0 Å². The van der Waals surface area contributed by atoms with Crippen molar-refractivity contribution in [2.45, 2.75) is 77.9 Å². The average Bonchev–Trinajstić information content (AvgIpc) is 3.13. The van der Waals surface area contributed by atoms with Crippen molar-refractivity contribution in [2.75, 3.05) is 0 Å². The molecular formula is C17H27N5O. The van der Waals surface area contributed by atoms with Crippen molar-refractivity contribution in [3.63, 3.8) is 0 Å². The third kappa shape index (κ3) is 3.17. The molecule has 6 nitrogen and oxygen atoms in total. The zero-order valence-corrected chi connectivity index (χ0v) is 14.8. The molecule has 2 aromatic heterocycles. The maximum atomic E-state index is 5.36. The van der Waals surface area contributed by atoms with Crippen LogP contribution in [0.5, 0.6) is 0 Å². The minimum atomic E-state index is 0.0175. The molecule has 0 aromatic carbocycles. The molecule has 3 rings (SSSR count). The molecule has 126 valence electrons. The van der Waals surface area contributed by atoms with Crippen LogP contribution >= 0.6 is 0 Å². The molecule has 0 saturated heterocycles. The van der Waals surface area contributed by atoms with Gasteiger partial charge in [-0.1, -0.05) is 12.1 Å². The minimum absolute atomic E-state index is 0.0175. The molecule has 0 bridgehead atoms. The summed E-state index contributed by atoms with van der Waals surface area (Å²) in [7, 11) is 0. The second-order valence-corrected chi connectivity index (χ2v) is 7.36. The lowest BCUT2D eigenvalue weighted by Gasteiger charge is -2.29. The first-order valence-corrected chi connectivity index (χ1v) is 8.56. The first-order valence-electron chi connectivity index (χ1n) is 8.56. The van der Waals surface area contributed by atoms with Crippen LogP contribution in [0.2, 0.25) is 0 Å². The van der Waals surface area contributed by atoms with Crippen LogP contribution in [0.25, 0.3) is 0 Å². The summed E-state index contributed by atoms with van der Waals surface area (Å²) in [5, 5.41) is 12.3. The molecule has 0 amide bonds. The Morgan fingerprint density at radius 2 is 2.22 bits per heavy atom. The van der Waals surface area contributed by atoms with Gasteiger partial charge in [-0.2, -0.15) is 10.1 Å². The lowest BCUT2D eigenvalue weighted by atomic mass is 9.91. The summed E-state index contributed by atoms with van der Waals surface area (Å²) in [5.41, 5.74) is 2.69. The van der Waals surface area contributed by atoms with Crippen LogP contribution in [0.15, 0.2) is 10.7 Å². The number of hydrogen-bond donors (Lipinski definition) is 1. The first kappa shape index (κ1) is 16.2. The van der Waals surface area contributed by atoms with E-state index in [1.165, 1.54) is 17.7 Å². The van der Waals surface area contributed by atoms with Gasteiger partial charge in [-0.25, -0.2) is 0 Å². The zero-order valence-electron chi connectivity index (χ0n) is 14.8. The van der Waals surface area contributed by atoms with Crippen molar-refractivity contribution < 1.29 is 4.52 Å². The molecule has 0 saturated carbocycles. The standard InChI is InChI=1S/C17H27N5O/c1-6-15-20-16(23-21-15)11(2)19-13-8-7-9-14-12(13)10-18-22(14)17(3,4)5/h10-11,13,19H,6-9H2,1-5H3/t11-,13-/m0/s1. The average molecular weight is 317 g/mol. The van der Waals surface area contributed by atoms with E-state index in [4.69, 9.17) is 4.52 Å². The maximum absolute atomic E-state index is 5.36. The number of aromatic nitrogens is 4. The van der Waals surface area contributed by atoms with E-state index < -0.39 is 0 Å². The summed E-state index contributed by atoms with van der Waals surface area (Å²) in [5.74, 6) is 1.43. The quantitative estimate of drug-likeness (QED) is 0.937. The van der Waals surface area contributed by atoms with Crippen LogP contribution in [-0.4, -0.2) is 19.9 Å². The molecule has 1 aliphatic rings. The monoisotopic (exact) mass is 317 g/mol. The normalized spacial score (nSPS) is 19.6. The fraction of sp³-hybridized carbons (Fsp3) is 0.706. The molecule has 1 N–H and O–H groups in total. The van der Waals surface area contributed by atoms with Crippen molar-refractivity contribution in [1.29, 1.82) is 0 Å². The molecule has 2 heterocycles. The highest BCUT2D eigenvalue weighted by molar-refractivity contribution is 5.26. The highest BCUT2D eigenvalue weighted by Crippen LogP contribution is 2.33. The van der Waals surface area contributed by atoms with E-state index in [1.807, 2.05) is 13.1 Å². The predicted molar refractivity (Wildman–Crippen MR) is 88.1 cm³/mol. The summed E-state index contributed by atoms with van der Waals surface area (Å²) in [6.07, 6.45) is 6.20. The predicted octanol–water partition coefficient (Wildman–Crippen LogP) is 3.31. The zero-order chi connectivity index (χ0) is 16.6. The van der Waals surface area contributed by atoms with Crippen molar-refractivity contribution in [2.24, 2.45) is 0 Å². The third-order valence-electron chi connectivity index (χ3n) is 4.44. The highest BCUT2D eigenvalue weighted by atomic mass is 16.5. The van der Waals surface area contributed by atoms with Crippen LogP contribution in [0.3, 0.4) is 0 Å². The smallest absolute Gasteiger partial charge is 0.243 e. The van der Waals surface area contributed by atoms with E-state index in [9.17, 15) is 0 Å². The summed E-state index contributed by atoms with van der Waals surface area (Å²) in [6, 6.07) is 0.332. The SMILES string of the molecule is CCc1noc([C@H](C)N[C@H]2CCCc3c2cnn3C(C)(C)C)n1. The second kappa shape index (κ2) is 6.07. The van der Waals surface area contributed by atoms with Gasteiger partial charge in [-0.15, -0.1) is 0 Å². The number of fused-ring (bicyclic) bond motifs is 1. The van der Waals surface area contributed by atoms with E-state index in [2.05, 4.69) is 52.9 Å². The third-order valence-corrected chi connectivity index (χ3v) is 4.44. The molecule has 6 heteroatoms. The van der Waals surface area contributed by atoms with Crippen molar-refractivity contribution in [3.05, 3.63) is 29.2 Å². The Morgan fingerprint density at radius 1 is 1.43 bits per heavy atom. The highest BCUT2D eigenvalue weighted by Gasteiger charge is 2.29. The van der Waals surface area contributed by atoms with Gasteiger partial charge < -0.3 is 4.52 Å². The number of aryl methyl sites for hydroxylation is 1. The Balaban J connectivity index is 1.79. The van der Waals surface area contributed by atoms with Crippen molar-refractivity contribution in [3.8, 4) is 0 Å². The molecule has 2 atom stereocenters. The Kier molecular flexibility index (Phi) is 4.27.